The fraction of sp³-hybridized carbons (Fsp3) is 0.296. The first-order valence-electron chi connectivity index (χ1n) is 12.2. The van der Waals surface area contributed by atoms with Gasteiger partial charge in [0.1, 0.15) is 17.4 Å². The van der Waals surface area contributed by atoms with E-state index < -0.39 is 30.0 Å². The first-order valence-corrected chi connectivity index (χ1v) is 12.2. The number of carbonyl (C=O) groups excluding carboxylic acids is 1. The van der Waals surface area contributed by atoms with Gasteiger partial charge in [0, 0.05) is 31.7 Å². The lowest BCUT2D eigenvalue weighted by Gasteiger charge is -2.40. The molecular weight excluding hydrogens is 540 g/mol. The molecule has 2 aromatic carbocycles. The summed E-state index contributed by atoms with van der Waals surface area (Å²) in [7, 11) is 1.45. The summed E-state index contributed by atoms with van der Waals surface area (Å²) >= 11 is 0. The molecule has 1 fully saturated rings. The van der Waals surface area contributed by atoms with E-state index in [-0.39, 0.29) is 48.6 Å². The molecule has 13 heteroatoms. The third-order valence-electron chi connectivity index (χ3n) is 6.77. The van der Waals surface area contributed by atoms with Crippen molar-refractivity contribution in [1.82, 2.24) is 24.4 Å². The summed E-state index contributed by atoms with van der Waals surface area (Å²) in [6.45, 7) is -0.273. The van der Waals surface area contributed by atoms with Gasteiger partial charge in [0.25, 0.3) is 5.91 Å². The topological polar surface area (TPSA) is 63.0 Å². The maximum absolute atomic E-state index is 14.0. The van der Waals surface area contributed by atoms with Gasteiger partial charge in [-0.3, -0.25) is 9.69 Å². The predicted octanol–water partition coefficient (Wildman–Crippen LogP) is 5.49. The first kappa shape index (κ1) is 27.4. The molecule has 210 valence electrons. The number of hydrogen-bond donors (Lipinski definition) is 0. The molecule has 0 aliphatic carbocycles. The zero-order valence-electron chi connectivity index (χ0n) is 21.1. The number of hydrogen-bond acceptors (Lipinski definition) is 5. The monoisotopic (exact) mass is 563 g/mol. The summed E-state index contributed by atoms with van der Waals surface area (Å²) in [5, 5.41) is 3.79. The smallest absolute Gasteiger partial charge is 0.433 e. The van der Waals surface area contributed by atoms with E-state index in [0.29, 0.717) is 15.8 Å². The number of carbonyl (C=O) groups is 1. The quantitative estimate of drug-likeness (QED) is 0.301. The molecule has 0 saturated carbocycles. The van der Waals surface area contributed by atoms with Crippen LogP contribution in [0.4, 0.5) is 26.3 Å². The third-order valence-corrected chi connectivity index (χ3v) is 6.77. The number of rotatable bonds is 5. The van der Waals surface area contributed by atoms with Gasteiger partial charge in [-0.25, -0.2) is 9.50 Å². The summed E-state index contributed by atoms with van der Waals surface area (Å²) in [5.41, 5.74) is -1.18. The Kier molecular flexibility index (Phi) is 7.17. The largest absolute Gasteiger partial charge is 0.497 e. The minimum Gasteiger partial charge on any atom is -0.497 e. The first-order chi connectivity index (χ1) is 19.0. The van der Waals surface area contributed by atoms with E-state index in [0.717, 1.165) is 12.3 Å². The van der Waals surface area contributed by atoms with Crippen LogP contribution in [-0.2, 0) is 6.18 Å². The zero-order valence-corrected chi connectivity index (χ0v) is 21.1. The molecule has 4 aromatic rings. The Labute approximate surface area is 224 Å². The second kappa shape index (κ2) is 10.5. The predicted molar refractivity (Wildman–Crippen MR) is 133 cm³/mol. The zero-order chi connectivity index (χ0) is 28.7. The Morgan fingerprint density at radius 3 is 2.15 bits per heavy atom. The highest BCUT2D eigenvalue weighted by Gasteiger charge is 2.45. The van der Waals surface area contributed by atoms with Gasteiger partial charge in [0.2, 0.25) is 0 Å². The van der Waals surface area contributed by atoms with Crippen LogP contribution in [-0.4, -0.2) is 69.8 Å². The molecule has 1 amide bonds. The van der Waals surface area contributed by atoms with Gasteiger partial charge in [-0.15, -0.1) is 0 Å². The number of methoxy groups -OCH3 is 1. The molecule has 7 nitrogen and oxygen atoms in total. The van der Waals surface area contributed by atoms with Crippen molar-refractivity contribution in [3.05, 3.63) is 83.7 Å². The van der Waals surface area contributed by atoms with Crippen molar-refractivity contribution in [1.29, 1.82) is 0 Å². The second-order valence-electron chi connectivity index (χ2n) is 9.23. The van der Waals surface area contributed by atoms with Gasteiger partial charge in [-0.05, 0) is 35.9 Å². The van der Waals surface area contributed by atoms with Crippen LogP contribution in [0.5, 0.6) is 5.75 Å². The molecule has 1 aliphatic rings. The average Bonchev–Trinajstić information content (AvgIpc) is 3.36. The molecule has 2 aromatic heterocycles. The van der Waals surface area contributed by atoms with Crippen molar-refractivity contribution in [2.45, 2.75) is 18.4 Å². The van der Waals surface area contributed by atoms with Crippen LogP contribution in [0.3, 0.4) is 0 Å². The maximum atomic E-state index is 14.0. The number of benzene rings is 2. The van der Waals surface area contributed by atoms with Crippen LogP contribution in [0.15, 0.2) is 66.9 Å². The highest BCUT2D eigenvalue weighted by Crippen LogP contribution is 2.38. The Balaban J connectivity index is 1.44. The minimum absolute atomic E-state index is 0.0299. The Morgan fingerprint density at radius 1 is 0.925 bits per heavy atom. The third kappa shape index (κ3) is 5.33. The summed E-state index contributed by atoms with van der Waals surface area (Å²) in [6, 6.07) is 12.7. The van der Waals surface area contributed by atoms with Crippen LogP contribution in [0.2, 0.25) is 0 Å². The second-order valence-corrected chi connectivity index (χ2v) is 9.23. The number of ether oxygens (including phenoxy) is 1. The molecule has 40 heavy (non-hydrogen) atoms. The Morgan fingerprint density at radius 2 is 1.57 bits per heavy atom. The van der Waals surface area contributed by atoms with Crippen molar-refractivity contribution in [3.63, 3.8) is 0 Å². The summed E-state index contributed by atoms with van der Waals surface area (Å²) in [5.74, 6) is -0.161. The van der Waals surface area contributed by atoms with Gasteiger partial charge in [-0.1, -0.05) is 30.3 Å². The number of amides is 1. The standard InChI is InChI=1S/C27H23F6N5O2/c1-40-19-9-7-17(8-10-19)21-15-22(26(28,29)30)38-24(35-21)20(16-34-38)25(39)37-13-11-36(12-14-37)23(27(31,32)33)18-5-3-2-4-6-18/h2-10,15-16,23H,11-14H2,1H3. The van der Waals surface area contributed by atoms with Crippen LogP contribution in [0.25, 0.3) is 16.9 Å². The molecule has 1 saturated heterocycles. The fourth-order valence-corrected chi connectivity index (χ4v) is 4.82. The summed E-state index contributed by atoms with van der Waals surface area (Å²) in [6.07, 6.45) is -8.33. The summed E-state index contributed by atoms with van der Waals surface area (Å²) < 4.78 is 89.4. The molecule has 1 unspecified atom stereocenters. The molecule has 1 aliphatic heterocycles. The average molecular weight is 564 g/mol. The van der Waals surface area contributed by atoms with Gasteiger partial charge in [0.05, 0.1) is 19.0 Å². The molecule has 0 spiro atoms. The number of aromatic nitrogens is 3. The molecule has 1 atom stereocenters. The van der Waals surface area contributed by atoms with E-state index in [4.69, 9.17) is 4.74 Å². The fourth-order valence-electron chi connectivity index (χ4n) is 4.82. The molecule has 5 rings (SSSR count). The highest BCUT2D eigenvalue weighted by atomic mass is 19.4. The number of alkyl halides is 6. The van der Waals surface area contributed by atoms with E-state index in [9.17, 15) is 31.1 Å². The lowest BCUT2D eigenvalue weighted by Crippen LogP contribution is -2.52. The van der Waals surface area contributed by atoms with Crippen LogP contribution in [0.1, 0.15) is 27.7 Å². The van der Waals surface area contributed by atoms with E-state index in [1.165, 1.54) is 41.2 Å². The van der Waals surface area contributed by atoms with E-state index in [1.807, 2.05) is 0 Å². The van der Waals surface area contributed by atoms with Crippen LogP contribution < -0.4 is 4.74 Å². The Bertz CT molecular complexity index is 1490. The number of nitrogens with zero attached hydrogens (tertiary/aromatic N) is 5. The number of fused-ring (bicyclic) bond motifs is 1. The Hall–Kier alpha value is -4.13. The summed E-state index contributed by atoms with van der Waals surface area (Å²) in [4.78, 5) is 20.3. The van der Waals surface area contributed by atoms with Crippen molar-refractivity contribution >= 4 is 11.6 Å². The van der Waals surface area contributed by atoms with E-state index >= 15 is 0 Å². The van der Waals surface area contributed by atoms with E-state index in [2.05, 4.69) is 10.1 Å². The maximum Gasteiger partial charge on any atom is 0.433 e. The lowest BCUT2D eigenvalue weighted by atomic mass is 10.0. The lowest BCUT2D eigenvalue weighted by molar-refractivity contribution is -0.189. The minimum atomic E-state index is -4.80. The van der Waals surface area contributed by atoms with Crippen molar-refractivity contribution in [2.75, 3.05) is 33.3 Å². The van der Waals surface area contributed by atoms with Crippen molar-refractivity contribution in [2.24, 2.45) is 0 Å². The molecular formula is C27H23F6N5O2. The van der Waals surface area contributed by atoms with Crippen LogP contribution >= 0.6 is 0 Å². The number of halogens is 6. The highest BCUT2D eigenvalue weighted by molar-refractivity contribution is 6.00. The van der Waals surface area contributed by atoms with Gasteiger partial charge < -0.3 is 9.64 Å². The molecule has 0 bridgehead atoms. The van der Waals surface area contributed by atoms with Crippen molar-refractivity contribution < 1.29 is 35.9 Å². The SMILES string of the molecule is COc1ccc(-c2cc(C(F)(F)F)n3ncc(C(=O)N4CCN(C(c5ccccc5)C(F)(F)F)CC4)c3n2)cc1. The van der Waals surface area contributed by atoms with E-state index in [1.54, 1.807) is 30.3 Å². The van der Waals surface area contributed by atoms with Gasteiger partial charge >= 0.3 is 12.4 Å². The molecule has 3 heterocycles. The van der Waals surface area contributed by atoms with Crippen LogP contribution in [0, 0.1) is 0 Å². The molecule has 0 N–H and O–H groups in total. The molecule has 0 radical (unpaired) electrons. The van der Waals surface area contributed by atoms with Gasteiger partial charge in [0.15, 0.2) is 11.3 Å². The normalized spacial score (nSPS) is 15.8. The van der Waals surface area contributed by atoms with Gasteiger partial charge in [-0.2, -0.15) is 31.4 Å². The number of piperazine rings is 1. The van der Waals surface area contributed by atoms with Crippen molar-refractivity contribution in [3.8, 4) is 17.0 Å².